The average Bonchev–Trinajstić information content (AvgIpc) is 2.43. The fraction of sp³-hybridized carbons (Fsp3) is 0.500. The summed E-state index contributed by atoms with van der Waals surface area (Å²) in [6.45, 7) is 3.92. The van der Waals surface area contributed by atoms with Gasteiger partial charge in [-0.1, -0.05) is 6.92 Å². The van der Waals surface area contributed by atoms with E-state index in [0.29, 0.717) is 16.9 Å². The Morgan fingerprint density at radius 3 is 2.87 bits per heavy atom. The molecule has 2 heterocycles. The molecule has 5 heteroatoms. The molecule has 0 aromatic carbocycles. The SMILES string of the molecule is CCCc1nc2nn(C)c(C)c2c(=O)[nH]1. The van der Waals surface area contributed by atoms with Gasteiger partial charge in [0.25, 0.3) is 5.56 Å². The highest BCUT2D eigenvalue weighted by Crippen LogP contribution is 2.10. The number of aryl methyl sites for hydroxylation is 3. The van der Waals surface area contributed by atoms with Gasteiger partial charge in [-0.25, -0.2) is 4.98 Å². The quantitative estimate of drug-likeness (QED) is 0.794. The van der Waals surface area contributed by atoms with Crippen molar-refractivity contribution in [2.75, 3.05) is 0 Å². The fourth-order valence-corrected chi connectivity index (χ4v) is 1.64. The van der Waals surface area contributed by atoms with Crippen LogP contribution in [0.5, 0.6) is 0 Å². The summed E-state index contributed by atoms with van der Waals surface area (Å²) in [6, 6.07) is 0. The molecule has 0 aliphatic rings. The van der Waals surface area contributed by atoms with Crippen molar-refractivity contribution < 1.29 is 0 Å². The van der Waals surface area contributed by atoms with E-state index in [-0.39, 0.29) is 5.56 Å². The zero-order valence-corrected chi connectivity index (χ0v) is 9.16. The van der Waals surface area contributed by atoms with Gasteiger partial charge in [0.05, 0.1) is 5.69 Å². The molecule has 1 N–H and O–H groups in total. The molecule has 0 saturated carbocycles. The molecule has 15 heavy (non-hydrogen) atoms. The maximum absolute atomic E-state index is 11.8. The van der Waals surface area contributed by atoms with Crippen LogP contribution in [0.3, 0.4) is 0 Å². The number of nitrogens with one attached hydrogen (secondary N) is 1. The lowest BCUT2D eigenvalue weighted by Gasteiger charge is -1.96. The summed E-state index contributed by atoms with van der Waals surface area (Å²) in [5, 5.41) is 4.80. The summed E-state index contributed by atoms with van der Waals surface area (Å²) in [6.07, 6.45) is 1.74. The first-order chi connectivity index (χ1) is 7.13. The topological polar surface area (TPSA) is 63.6 Å². The largest absolute Gasteiger partial charge is 0.310 e. The van der Waals surface area contributed by atoms with Crippen LogP contribution in [-0.4, -0.2) is 19.7 Å². The Kier molecular flexibility index (Phi) is 2.30. The van der Waals surface area contributed by atoms with Crippen LogP contribution in [0.2, 0.25) is 0 Å². The maximum atomic E-state index is 11.8. The van der Waals surface area contributed by atoms with Crippen molar-refractivity contribution >= 4 is 11.0 Å². The van der Waals surface area contributed by atoms with Gasteiger partial charge in [0, 0.05) is 13.5 Å². The van der Waals surface area contributed by atoms with Crippen LogP contribution >= 0.6 is 0 Å². The molecule has 0 spiro atoms. The Morgan fingerprint density at radius 2 is 2.20 bits per heavy atom. The van der Waals surface area contributed by atoms with Gasteiger partial charge in [0.15, 0.2) is 5.65 Å². The van der Waals surface area contributed by atoms with Crippen molar-refractivity contribution in [3.8, 4) is 0 Å². The first-order valence-electron chi connectivity index (χ1n) is 5.06. The van der Waals surface area contributed by atoms with Crippen LogP contribution in [0.4, 0.5) is 0 Å². The van der Waals surface area contributed by atoms with Gasteiger partial charge in [-0.05, 0) is 13.3 Å². The van der Waals surface area contributed by atoms with Gasteiger partial charge in [-0.2, -0.15) is 5.10 Å². The highest BCUT2D eigenvalue weighted by Gasteiger charge is 2.11. The van der Waals surface area contributed by atoms with Gasteiger partial charge in [-0.3, -0.25) is 9.48 Å². The molecule has 2 rings (SSSR count). The lowest BCUT2D eigenvalue weighted by molar-refractivity contribution is 0.746. The molecule has 0 radical (unpaired) electrons. The van der Waals surface area contributed by atoms with E-state index < -0.39 is 0 Å². The molecule has 0 saturated heterocycles. The molecule has 2 aromatic heterocycles. The van der Waals surface area contributed by atoms with E-state index >= 15 is 0 Å². The molecular formula is C10H14N4O. The third kappa shape index (κ3) is 1.54. The van der Waals surface area contributed by atoms with Crippen molar-refractivity contribution in [1.29, 1.82) is 0 Å². The Labute approximate surface area is 87.1 Å². The van der Waals surface area contributed by atoms with Gasteiger partial charge < -0.3 is 4.98 Å². The predicted octanol–water partition coefficient (Wildman–Crippen LogP) is 0.918. The fourth-order valence-electron chi connectivity index (χ4n) is 1.64. The second-order valence-electron chi connectivity index (χ2n) is 3.67. The minimum atomic E-state index is -0.0888. The van der Waals surface area contributed by atoms with Gasteiger partial charge in [-0.15, -0.1) is 0 Å². The monoisotopic (exact) mass is 206 g/mol. The summed E-state index contributed by atoms with van der Waals surface area (Å²) in [5.74, 6) is 0.716. The molecule has 0 fully saturated rings. The van der Waals surface area contributed by atoms with E-state index in [1.54, 1.807) is 4.68 Å². The van der Waals surface area contributed by atoms with E-state index in [1.807, 2.05) is 20.9 Å². The number of fused-ring (bicyclic) bond motifs is 1. The first kappa shape index (κ1) is 9.89. The molecule has 0 atom stereocenters. The number of rotatable bonds is 2. The third-order valence-corrected chi connectivity index (χ3v) is 2.53. The highest BCUT2D eigenvalue weighted by atomic mass is 16.1. The normalized spacial score (nSPS) is 11.1. The maximum Gasteiger partial charge on any atom is 0.262 e. The van der Waals surface area contributed by atoms with Crippen LogP contribution in [0.1, 0.15) is 24.9 Å². The molecule has 2 aromatic rings. The lowest BCUT2D eigenvalue weighted by atomic mass is 10.3. The molecule has 0 aliphatic carbocycles. The Morgan fingerprint density at radius 1 is 1.47 bits per heavy atom. The van der Waals surface area contributed by atoms with Crippen molar-refractivity contribution in [2.45, 2.75) is 26.7 Å². The van der Waals surface area contributed by atoms with Crippen LogP contribution in [-0.2, 0) is 13.5 Å². The first-order valence-corrected chi connectivity index (χ1v) is 5.06. The van der Waals surface area contributed by atoms with Crippen LogP contribution < -0.4 is 5.56 Å². The third-order valence-electron chi connectivity index (χ3n) is 2.53. The summed E-state index contributed by atoms with van der Waals surface area (Å²) in [5.41, 5.74) is 1.30. The van der Waals surface area contributed by atoms with E-state index in [0.717, 1.165) is 18.5 Å². The van der Waals surface area contributed by atoms with Crippen LogP contribution in [0.25, 0.3) is 11.0 Å². The molecule has 0 bridgehead atoms. The zero-order chi connectivity index (χ0) is 11.0. The molecular weight excluding hydrogens is 192 g/mol. The highest BCUT2D eigenvalue weighted by molar-refractivity contribution is 5.76. The minimum Gasteiger partial charge on any atom is -0.310 e. The Balaban J connectivity index is 2.73. The average molecular weight is 206 g/mol. The summed E-state index contributed by atoms with van der Waals surface area (Å²) in [7, 11) is 1.82. The molecule has 0 unspecified atom stereocenters. The van der Waals surface area contributed by atoms with Gasteiger partial charge in [0.2, 0.25) is 0 Å². The molecule has 80 valence electrons. The number of hydrogen-bond acceptors (Lipinski definition) is 3. The van der Waals surface area contributed by atoms with E-state index in [1.165, 1.54) is 0 Å². The number of aromatic nitrogens is 4. The lowest BCUT2D eigenvalue weighted by Crippen LogP contribution is -2.11. The Hall–Kier alpha value is -1.65. The van der Waals surface area contributed by atoms with E-state index in [9.17, 15) is 4.79 Å². The summed E-state index contributed by atoms with van der Waals surface area (Å²) in [4.78, 5) is 18.9. The smallest absolute Gasteiger partial charge is 0.262 e. The van der Waals surface area contributed by atoms with Crippen molar-refractivity contribution in [3.05, 3.63) is 21.9 Å². The summed E-state index contributed by atoms with van der Waals surface area (Å²) < 4.78 is 1.68. The van der Waals surface area contributed by atoms with E-state index in [4.69, 9.17) is 0 Å². The van der Waals surface area contributed by atoms with Gasteiger partial charge in [0.1, 0.15) is 11.2 Å². The van der Waals surface area contributed by atoms with Crippen molar-refractivity contribution in [2.24, 2.45) is 7.05 Å². The van der Waals surface area contributed by atoms with E-state index in [2.05, 4.69) is 15.1 Å². The van der Waals surface area contributed by atoms with Crippen LogP contribution in [0.15, 0.2) is 4.79 Å². The molecule has 0 aliphatic heterocycles. The zero-order valence-electron chi connectivity index (χ0n) is 9.16. The predicted molar refractivity (Wildman–Crippen MR) is 57.9 cm³/mol. The minimum absolute atomic E-state index is 0.0888. The molecule has 0 amide bonds. The number of aromatic amines is 1. The van der Waals surface area contributed by atoms with Crippen molar-refractivity contribution in [1.82, 2.24) is 19.7 Å². The van der Waals surface area contributed by atoms with Gasteiger partial charge >= 0.3 is 0 Å². The Bertz CT molecular complexity index is 552. The number of hydrogen-bond donors (Lipinski definition) is 1. The second kappa shape index (κ2) is 3.49. The number of H-pyrrole nitrogens is 1. The summed E-state index contributed by atoms with van der Waals surface area (Å²) >= 11 is 0. The number of nitrogens with zero attached hydrogens (tertiary/aromatic N) is 3. The van der Waals surface area contributed by atoms with Crippen LogP contribution in [0, 0.1) is 6.92 Å². The second-order valence-corrected chi connectivity index (χ2v) is 3.67. The molecule has 5 nitrogen and oxygen atoms in total. The van der Waals surface area contributed by atoms with Crippen molar-refractivity contribution in [3.63, 3.8) is 0 Å². The standard InChI is InChI=1S/C10H14N4O/c1-4-5-7-11-9-8(10(15)12-7)6(2)14(3)13-9/h4-5H2,1-3H3,(H,11,12,13,15).